The first kappa shape index (κ1) is 12.1. The van der Waals surface area contributed by atoms with Crippen molar-refractivity contribution >= 4 is 5.97 Å². The van der Waals surface area contributed by atoms with Gasteiger partial charge in [-0.05, 0) is 35.4 Å². The Balaban J connectivity index is 2.50. The van der Waals surface area contributed by atoms with Crippen LogP contribution in [0.2, 0.25) is 0 Å². The number of carbonyl (C=O) groups is 1. The summed E-state index contributed by atoms with van der Waals surface area (Å²) in [6, 6.07) is 10.9. The Morgan fingerprint density at radius 2 is 1.89 bits per heavy atom. The molecule has 4 heteroatoms. The highest BCUT2D eigenvalue weighted by atomic mass is 19.1. The van der Waals surface area contributed by atoms with Crippen molar-refractivity contribution in [2.24, 2.45) is 0 Å². The SMILES string of the molecule is COc1cccc(-c2ccc(F)c(C(=O)[O-])c2)c1. The van der Waals surface area contributed by atoms with E-state index >= 15 is 0 Å². The molecule has 0 aliphatic rings. The minimum Gasteiger partial charge on any atom is -0.545 e. The zero-order chi connectivity index (χ0) is 13.1. The molecule has 0 atom stereocenters. The Hall–Kier alpha value is -2.36. The van der Waals surface area contributed by atoms with E-state index < -0.39 is 17.3 Å². The van der Waals surface area contributed by atoms with E-state index in [0.717, 1.165) is 11.6 Å². The number of benzene rings is 2. The standard InChI is InChI=1S/C14H11FO3/c1-18-11-4-2-3-9(7-11)10-5-6-13(15)12(8-10)14(16)17/h2-8H,1H3,(H,16,17)/p-1. The molecule has 0 radical (unpaired) electrons. The van der Waals surface area contributed by atoms with Gasteiger partial charge in [0.05, 0.1) is 13.1 Å². The molecule has 0 fully saturated rings. The first-order valence-corrected chi connectivity index (χ1v) is 5.27. The molecule has 92 valence electrons. The molecule has 0 saturated carbocycles. The van der Waals surface area contributed by atoms with Gasteiger partial charge in [0.25, 0.3) is 0 Å². The van der Waals surface area contributed by atoms with E-state index in [-0.39, 0.29) is 0 Å². The molecule has 0 N–H and O–H groups in total. The molecular weight excluding hydrogens is 235 g/mol. The first-order valence-electron chi connectivity index (χ1n) is 5.27. The summed E-state index contributed by atoms with van der Waals surface area (Å²) in [7, 11) is 1.54. The Morgan fingerprint density at radius 3 is 2.56 bits per heavy atom. The van der Waals surface area contributed by atoms with Gasteiger partial charge in [-0.15, -0.1) is 0 Å². The van der Waals surface area contributed by atoms with Gasteiger partial charge in [-0.25, -0.2) is 4.39 Å². The lowest BCUT2D eigenvalue weighted by Gasteiger charge is -2.08. The van der Waals surface area contributed by atoms with Crippen molar-refractivity contribution in [3.63, 3.8) is 0 Å². The van der Waals surface area contributed by atoms with Crippen LogP contribution in [0.15, 0.2) is 42.5 Å². The van der Waals surface area contributed by atoms with Gasteiger partial charge in [0, 0.05) is 5.56 Å². The largest absolute Gasteiger partial charge is 0.545 e. The fourth-order valence-corrected chi connectivity index (χ4v) is 1.66. The van der Waals surface area contributed by atoms with Crippen LogP contribution >= 0.6 is 0 Å². The number of hydrogen-bond acceptors (Lipinski definition) is 3. The van der Waals surface area contributed by atoms with E-state index in [1.807, 2.05) is 0 Å². The van der Waals surface area contributed by atoms with Crippen LogP contribution in [0.5, 0.6) is 5.75 Å². The van der Waals surface area contributed by atoms with Crippen LogP contribution in [-0.4, -0.2) is 13.1 Å². The molecule has 0 aliphatic carbocycles. The number of carboxylic acid groups (broad SMARTS) is 1. The monoisotopic (exact) mass is 245 g/mol. The zero-order valence-corrected chi connectivity index (χ0v) is 9.64. The van der Waals surface area contributed by atoms with Crippen LogP contribution in [0.3, 0.4) is 0 Å². The molecule has 2 rings (SSSR count). The number of hydrogen-bond donors (Lipinski definition) is 0. The highest BCUT2D eigenvalue weighted by Crippen LogP contribution is 2.25. The minimum absolute atomic E-state index is 0.449. The summed E-state index contributed by atoms with van der Waals surface area (Å²) in [6.07, 6.45) is 0. The van der Waals surface area contributed by atoms with E-state index in [0.29, 0.717) is 11.3 Å². The lowest BCUT2D eigenvalue weighted by atomic mass is 10.0. The molecule has 0 unspecified atom stereocenters. The van der Waals surface area contributed by atoms with Gasteiger partial charge in [0.2, 0.25) is 0 Å². The number of carbonyl (C=O) groups excluding carboxylic acids is 1. The van der Waals surface area contributed by atoms with E-state index in [1.165, 1.54) is 19.2 Å². The average molecular weight is 245 g/mol. The molecule has 0 saturated heterocycles. The Bertz CT molecular complexity index is 593. The van der Waals surface area contributed by atoms with Gasteiger partial charge in [0.15, 0.2) is 0 Å². The number of methoxy groups -OCH3 is 1. The first-order chi connectivity index (χ1) is 8.61. The van der Waals surface area contributed by atoms with Crippen molar-refractivity contribution in [2.45, 2.75) is 0 Å². The molecule has 0 amide bonds. The fourth-order valence-electron chi connectivity index (χ4n) is 1.66. The number of rotatable bonds is 3. The van der Waals surface area contributed by atoms with Crippen LogP contribution in [0, 0.1) is 5.82 Å². The average Bonchev–Trinajstić information content (AvgIpc) is 2.39. The summed E-state index contributed by atoms with van der Waals surface area (Å²) >= 11 is 0. The highest BCUT2D eigenvalue weighted by molar-refractivity contribution is 5.88. The normalized spacial score (nSPS) is 10.1. The number of ether oxygens (including phenoxy) is 1. The van der Waals surface area contributed by atoms with E-state index in [4.69, 9.17) is 4.74 Å². The van der Waals surface area contributed by atoms with E-state index in [2.05, 4.69) is 0 Å². The van der Waals surface area contributed by atoms with Gasteiger partial charge >= 0.3 is 0 Å². The molecule has 18 heavy (non-hydrogen) atoms. The Kier molecular flexibility index (Phi) is 3.28. The third-order valence-corrected chi connectivity index (χ3v) is 2.59. The molecule has 2 aromatic carbocycles. The van der Waals surface area contributed by atoms with Gasteiger partial charge in [0.1, 0.15) is 11.6 Å². The van der Waals surface area contributed by atoms with Crippen molar-refractivity contribution in [3.8, 4) is 16.9 Å². The number of aromatic carboxylic acids is 1. The van der Waals surface area contributed by atoms with Crippen LogP contribution in [-0.2, 0) is 0 Å². The lowest BCUT2D eigenvalue weighted by molar-refractivity contribution is -0.255. The van der Waals surface area contributed by atoms with E-state index in [1.54, 1.807) is 24.3 Å². The van der Waals surface area contributed by atoms with Crippen molar-refractivity contribution in [1.82, 2.24) is 0 Å². The molecule has 2 aromatic rings. The molecule has 0 heterocycles. The summed E-state index contributed by atoms with van der Waals surface area (Å²) in [4.78, 5) is 10.8. The summed E-state index contributed by atoms with van der Waals surface area (Å²) in [5.74, 6) is -1.69. The Morgan fingerprint density at radius 1 is 1.17 bits per heavy atom. The fraction of sp³-hybridized carbons (Fsp3) is 0.0714. The highest BCUT2D eigenvalue weighted by Gasteiger charge is 2.06. The third kappa shape index (κ3) is 2.32. The maximum atomic E-state index is 13.2. The van der Waals surface area contributed by atoms with Crippen molar-refractivity contribution < 1.29 is 19.0 Å². The second-order valence-electron chi connectivity index (χ2n) is 3.71. The summed E-state index contributed by atoms with van der Waals surface area (Å²) in [5.41, 5.74) is 0.890. The second-order valence-corrected chi connectivity index (χ2v) is 3.71. The minimum atomic E-state index is -1.53. The molecular formula is C14H10FO3-. The lowest BCUT2D eigenvalue weighted by Crippen LogP contribution is -2.23. The second kappa shape index (κ2) is 4.87. The maximum Gasteiger partial charge on any atom is 0.132 e. The van der Waals surface area contributed by atoms with Crippen LogP contribution in [0.25, 0.3) is 11.1 Å². The molecule has 0 aliphatic heterocycles. The van der Waals surface area contributed by atoms with Crippen molar-refractivity contribution in [2.75, 3.05) is 7.11 Å². The smallest absolute Gasteiger partial charge is 0.132 e. The van der Waals surface area contributed by atoms with E-state index in [9.17, 15) is 14.3 Å². The topological polar surface area (TPSA) is 49.4 Å². The van der Waals surface area contributed by atoms with Crippen LogP contribution in [0.1, 0.15) is 10.4 Å². The molecule has 0 aromatic heterocycles. The van der Waals surface area contributed by atoms with Gasteiger partial charge in [-0.3, -0.25) is 0 Å². The summed E-state index contributed by atoms with van der Waals surface area (Å²) < 4.78 is 18.3. The van der Waals surface area contributed by atoms with Gasteiger partial charge in [-0.2, -0.15) is 0 Å². The van der Waals surface area contributed by atoms with Crippen molar-refractivity contribution in [1.29, 1.82) is 0 Å². The van der Waals surface area contributed by atoms with Crippen molar-refractivity contribution in [3.05, 3.63) is 53.8 Å². The Labute approximate surface area is 103 Å². The predicted molar refractivity (Wildman–Crippen MR) is 62.7 cm³/mol. The summed E-state index contributed by atoms with van der Waals surface area (Å²) in [6.45, 7) is 0. The van der Waals surface area contributed by atoms with Gasteiger partial charge in [-0.1, -0.05) is 18.2 Å². The number of carboxylic acids is 1. The molecule has 0 bridgehead atoms. The number of halogens is 1. The third-order valence-electron chi connectivity index (χ3n) is 2.59. The van der Waals surface area contributed by atoms with Crippen LogP contribution < -0.4 is 9.84 Å². The molecule has 0 spiro atoms. The predicted octanol–water partition coefficient (Wildman–Crippen LogP) is 1.86. The molecule has 3 nitrogen and oxygen atoms in total. The zero-order valence-electron chi connectivity index (χ0n) is 9.64. The summed E-state index contributed by atoms with van der Waals surface area (Å²) in [5, 5.41) is 10.8. The maximum absolute atomic E-state index is 13.2. The van der Waals surface area contributed by atoms with Crippen LogP contribution in [0.4, 0.5) is 4.39 Å². The van der Waals surface area contributed by atoms with Gasteiger partial charge < -0.3 is 14.6 Å². The quantitative estimate of drug-likeness (QED) is 0.829.